The van der Waals surface area contributed by atoms with Gasteiger partial charge in [0.1, 0.15) is 0 Å². The molecular formula is C17H21N. The van der Waals surface area contributed by atoms with Gasteiger partial charge in [0.2, 0.25) is 0 Å². The lowest BCUT2D eigenvalue weighted by Gasteiger charge is -2.14. The molecular weight excluding hydrogens is 218 g/mol. The molecule has 0 fully saturated rings. The zero-order chi connectivity index (χ0) is 13.1. The Kier molecular flexibility index (Phi) is 3.71. The van der Waals surface area contributed by atoms with Gasteiger partial charge in [-0.05, 0) is 47.7 Å². The number of nitrogens with zero attached hydrogens (tertiary/aromatic N) is 1. The Morgan fingerprint density at radius 1 is 0.944 bits per heavy atom. The molecule has 0 aliphatic rings. The van der Waals surface area contributed by atoms with Crippen LogP contribution in [0.25, 0.3) is 11.1 Å². The SMILES string of the molecule is CCc1cccc(-c2ccc(N(C)C)cc2)c1C. The van der Waals surface area contributed by atoms with Crippen molar-refractivity contribution in [1.29, 1.82) is 0 Å². The molecule has 0 N–H and O–H groups in total. The van der Waals surface area contributed by atoms with Crippen LogP contribution < -0.4 is 4.90 Å². The van der Waals surface area contributed by atoms with E-state index in [-0.39, 0.29) is 0 Å². The quantitative estimate of drug-likeness (QED) is 0.772. The van der Waals surface area contributed by atoms with Crippen molar-refractivity contribution < 1.29 is 0 Å². The van der Waals surface area contributed by atoms with Crippen LogP contribution >= 0.6 is 0 Å². The third-order valence-corrected chi connectivity index (χ3v) is 3.52. The van der Waals surface area contributed by atoms with Gasteiger partial charge in [0, 0.05) is 19.8 Å². The molecule has 2 rings (SSSR count). The summed E-state index contributed by atoms with van der Waals surface area (Å²) in [6.45, 7) is 4.43. The molecule has 1 heteroatoms. The molecule has 2 aromatic rings. The predicted molar refractivity (Wildman–Crippen MR) is 80.3 cm³/mol. The zero-order valence-corrected chi connectivity index (χ0v) is 11.7. The summed E-state index contributed by atoms with van der Waals surface area (Å²) in [7, 11) is 4.13. The number of aryl methyl sites for hydroxylation is 1. The minimum absolute atomic E-state index is 1.09. The zero-order valence-electron chi connectivity index (χ0n) is 11.7. The number of benzene rings is 2. The third kappa shape index (κ3) is 2.40. The lowest BCUT2D eigenvalue weighted by molar-refractivity contribution is 1.11. The molecule has 2 aromatic carbocycles. The Labute approximate surface area is 110 Å². The van der Waals surface area contributed by atoms with Crippen LogP contribution in [0.2, 0.25) is 0 Å². The highest BCUT2D eigenvalue weighted by Crippen LogP contribution is 2.27. The predicted octanol–water partition coefficient (Wildman–Crippen LogP) is 4.29. The van der Waals surface area contributed by atoms with E-state index in [2.05, 4.69) is 75.3 Å². The Morgan fingerprint density at radius 2 is 1.61 bits per heavy atom. The monoisotopic (exact) mass is 239 g/mol. The summed E-state index contributed by atoms with van der Waals surface area (Å²) < 4.78 is 0. The number of hydrogen-bond donors (Lipinski definition) is 0. The van der Waals surface area contributed by atoms with E-state index in [9.17, 15) is 0 Å². The lowest BCUT2D eigenvalue weighted by atomic mass is 9.95. The van der Waals surface area contributed by atoms with E-state index < -0.39 is 0 Å². The fraction of sp³-hybridized carbons (Fsp3) is 0.294. The molecule has 0 spiro atoms. The van der Waals surface area contributed by atoms with Crippen LogP contribution in [-0.4, -0.2) is 14.1 Å². The number of hydrogen-bond acceptors (Lipinski definition) is 1. The van der Waals surface area contributed by atoms with Crippen LogP contribution in [0.3, 0.4) is 0 Å². The average Bonchev–Trinajstić information content (AvgIpc) is 2.39. The van der Waals surface area contributed by atoms with E-state index in [1.54, 1.807) is 0 Å². The van der Waals surface area contributed by atoms with Crippen LogP contribution in [0.5, 0.6) is 0 Å². The Balaban J connectivity index is 2.43. The van der Waals surface area contributed by atoms with Gasteiger partial charge in [-0.1, -0.05) is 37.3 Å². The fourth-order valence-corrected chi connectivity index (χ4v) is 2.32. The van der Waals surface area contributed by atoms with Gasteiger partial charge in [-0.15, -0.1) is 0 Å². The normalized spacial score (nSPS) is 10.4. The maximum atomic E-state index is 2.22. The highest BCUT2D eigenvalue weighted by Gasteiger charge is 2.05. The molecule has 0 unspecified atom stereocenters. The van der Waals surface area contributed by atoms with Crippen molar-refractivity contribution in [2.75, 3.05) is 19.0 Å². The molecule has 1 nitrogen and oxygen atoms in total. The molecule has 0 amide bonds. The number of anilines is 1. The molecule has 0 aromatic heterocycles. The summed E-state index contributed by atoms with van der Waals surface area (Å²) in [5.41, 5.74) is 6.72. The second kappa shape index (κ2) is 5.26. The molecule has 0 saturated heterocycles. The van der Waals surface area contributed by atoms with E-state index in [0.29, 0.717) is 0 Å². The van der Waals surface area contributed by atoms with Gasteiger partial charge < -0.3 is 4.90 Å². The highest BCUT2D eigenvalue weighted by molar-refractivity contribution is 5.70. The fourth-order valence-electron chi connectivity index (χ4n) is 2.32. The molecule has 0 aliphatic carbocycles. The van der Waals surface area contributed by atoms with E-state index >= 15 is 0 Å². The van der Waals surface area contributed by atoms with E-state index in [4.69, 9.17) is 0 Å². The molecule has 18 heavy (non-hydrogen) atoms. The first kappa shape index (κ1) is 12.7. The molecule has 0 atom stereocenters. The summed E-state index contributed by atoms with van der Waals surface area (Å²) >= 11 is 0. The van der Waals surface area contributed by atoms with E-state index in [1.807, 2.05) is 0 Å². The molecule has 0 bridgehead atoms. The largest absolute Gasteiger partial charge is 0.378 e. The molecule has 0 heterocycles. The van der Waals surface area contributed by atoms with Crippen molar-refractivity contribution >= 4 is 5.69 Å². The van der Waals surface area contributed by atoms with Gasteiger partial charge in [0.05, 0.1) is 0 Å². The van der Waals surface area contributed by atoms with Crippen LogP contribution in [0.4, 0.5) is 5.69 Å². The Hall–Kier alpha value is -1.76. The summed E-state index contributed by atoms with van der Waals surface area (Å²) in [6, 6.07) is 15.3. The Bertz CT molecular complexity index is 524. The topological polar surface area (TPSA) is 3.24 Å². The number of rotatable bonds is 3. The minimum Gasteiger partial charge on any atom is -0.378 e. The maximum Gasteiger partial charge on any atom is 0.0361 e. The molecule has 94 valence electrons. The van der Waals surface area contributed by atoms with Crippen molar-refractivity contribution in [2.24, 2.45) is 0 Å². The highest BCUT2D eigenvalue weighted by atomic mass is 15.1. The second-order valence-electron chi connectivity index (χ2n) is 4.88. The first-order valence-corrected chi connectivity index (χ1v) is 6.49. The van der Waals surface area contributed by atoms with Gasteiger partial charge in [-0.2, -0.15) is 0 Å². The van der Waals surface area contributed by atoms with E-state index in [1.165, 1.54) is 27.9 Å². The lowest BCUT2D eigenvalue weighted by Crippen LogP contribution is -2.07. The van der Waals surface area contributed by atoms with E-state index in [0.717, 1.165) is 6.42 Å². The first-order chi connectivity index (χ1) is 8.63. The van der Waals surface area contributed by atoms with Crippen molar-refractivity contribution in [3.05, 3.63) is 53.6 Å². The van der Waals surface area contributed by atoms with Crippen molar-refractivity contribution in [3.8, 4) is 11.1 Å². The molecule has 0 aliphatic heterocycles. The summed E-state index contributed by atoms with van der Waals surface area (Å²) in [5, 5.41) is 0. The molecule has 0 radical (unpaired) electrons. The van der Waals surface area contributed by atoms with Gasteiger partial charge in [-0.25, -0.2) is 0 Å². The van der Waals surface area contributed by atoms with Gasteiger partial charge in [0.25, 0.3) is 0 Å². The maximum absolute atomic E-state index is 2.22. The molecule has 0 saturated carbocycles. The first-order valence-electron chi connectivity index (χ1n) is 6.49. The second-order valence-corrected chi connectivity index (χ2v) is 4.88. The van der Waals surface area contributed by atoms with Crippen LogP contribution in [0.1, 0.15) is 18.1 Å². The Morgan fingerprint density at radius 3 is 2.17 bits per heavy atom. The van der Waals surface area contributed by atoms with Crippen LogP contribution in [0.15, 0.2) is 42.5 Å². The average molecular weight is 239 g/mol. The summed E-state index contributed by atoms with van der Waals surface area (Å²) in [6.07, 6.45) is 1.09. The van der Waals surface area contributed by atoms with Gasteiger partial charge in [-0.3, -0.25) is 0 Å². The van der Waals surface area contributed by atoms with Crippen molar-refractivity contribution in [2.45, 2.75) is 20.3 Å². The third-order valence-electron chi connectivity index (χ3n) is 3.52. The van der Waals surface area contributed by atoms with Gasteiger partial charge in [0.15, 0.2) is 0 Å². The smallest absolute Gasteiger partial charge is 0.0361 e. The van der Waals surface area contributed by atoms with Crippen molar-refractivity contribution in [3.63, 3.8) is 0 Å². The van der Waals surface area contributed by atoms with Crippen LogP contribution in [-0.2, 0) is 6.42 Å². The van der Waals surface area contributed by atoms with Crippen LogP contribution in [0, 0.1) is 6.92 Å². The van der Waals surface area contributed by atoms with Crippen molar-refractivity contribution in [1.82, 2.24) is 0 Å². The van der Waals surface area contributed by atoms with Gasteiger partial charge >= 0.3 is 0 Å². The standard InChI is InChI=1S/C17H21N/c1-5-14-7-6-8-17(13(14)2)15-9-11-16(12-10-15)18(3)4/h6-12H,5H2,1-4H3. The summed E-state index contributed by atoms with van der Waals surface area (Å²) in [4.78, 5) is 2.12. The summed E-state index contributed by atoms with van der Waals surface area (Å²) in [5.74, 6) is 0. The minimum atomic E-state index is 1.09.